The van der Waals surface area contributed by atoms with Crippen molar-refractivity contribution in [1.29, 1.82) is 0 Å². The number of nitrogens with zero attached hydrogens (tertiary/aromatic N) is 2. The van der Waals surface area contributed by atoms with Crippen LogP contribution in [0.2, 0.25) is 0 Å². The number of para-hydroxylation sites is 2. The number of carbonyl (C=O) groups excluding carboxylic acids is 1. The summed E-state index contributed by atoms with van der Waals surface area (Å²) in [5, 5.41) is 13.7. The number of nitro benzene ring substituents is 1. The molecule has 6 nitrogen and oxygen atoms in total. The molecule has 2 aromatic rings. The third kappa shape index (κ3) is 7.11. The molecule has 1 heterocycles. The Morgan fingerprint density at radius 1 is 1.10 bits per heavy atom. The summed E-state index contributed by atoms with van der Waals surface area (Å²) in [6, 6.07) is 9.36. The van der Waals surface area contributed by atoms with Gasteiger partial charge in [0.05, 0.1) is 4.92 Å². The zero-order chi connectivity index (χ0) is 13.0. The van der Waals surface area contributed by atoms with Gasteiger partial charge in [-0.05, 0) is 6.07 Å². The minimum atomic E-state index is -0.469. The molecule has 9 heteroatoms. The van der Waals surface area contributed by atoms with E-state index in [-0.39, 0.29) is 110 Å². The smallest absolute Gasteiger partial charge is 0.292 e. The van der Waals surface area contributed by atoms with E-state index < -0.39 is 4.92 Å². The summed E-state index contributed by atoms with van der Waals surface area (Å²) in [6.45, 7) is 0. The fraction of sp³-hybridized carbons (Fsp3) is 0. The molecule has 1 aromatic carbocycles. The average Bonchev–Trinajstić information content (AvgIpc) is 2.40. The molecule has 0 unspecified atom stereocenters. The molecule has 0 fully saturated rings. The van der Waals surface area contributed by atoms with Crippen molar-refractivity contribution in [2.45, 2.75) is 0 Å². The van der Waals surface area contributed by atoms with E-state index in [4.69, 9.17) is 0 Å². The number of aromatic nitrogens is 1. The number of anilines is 2. The molecule has 0 spiro atoms. The molecule has 0 saturated heterocycles. The van der Waals surface area contributed by atoms with E-state index in [0.717, 1.165) is 0 Å². The summed E-state index contributed by atoms with van der Waals surface area (Å²) in [5.41, 5.74) is 1.09. The second-order valence-electron chi connectivity index (χ2n) is 3.43. The Kier molecular flexibility index (Phi) is 13.6. The molecule has 2 rings (SSSR count). The van der Waals surface area contributed by atoms with E-state index in [9.17, 15) is 14.9 Å². The molecule has 0 amide bonds. The maximum absolute atomic E-state index is 10.8. The number of rotatable bonds is 4. The maximum atomic E-state index is 10.8. The van der Waals surface area contributed by atoms with Gasteiger partial charge in [-0.2, -0.15) is 6.07 Å². The van der Waals surface area contributed by atoms with Crippen LogP contribution in [0.3, 0.4) is 0 Å². The summed E-state index contributed by atoms with van der Waals surface area (Å²) in [5.74, 6) is 0. The standard InChI is InChI=1S/C12H8N3O3.3Y/c16-8-10-6-5-9(7-13-10)14-11-3-1-2-4-12(11)15(17)18;;;/h1-7,14H;;;/q-1;;;. The molecule has 0 bridgehead atoms. The summed E-state index contributed by atoms with van der Waals surface area (Å²) < 4.78 is 0. The van der Waals surface area contributed by atoms with E-state index in [2.05, 4.69) is 10.3 Å². The fourth-order valence-corrected chi connectivity index (χ4v) is 1.42. The molecule has 0 saturated carbocycles. The SMILES string of the molecule is O=[C-]c1ccc(Nc2ccccc2[N+](=O)[O-])cn1.[Y].[Y].[Y]. The van der Waals surface area contributed by atoms with Crippen LogP contribution >= 0.6 is 0 Å². The van der Waals surface area contributed by atoms with Crippen LogP contribution in [0.4, 0.5) is 17.1 Å². The molecule has 99 valence electrons. The molecule has 0 atom stereocenters. The average molecular weight is 509 g/mol. The Labute approximate surface area is 197 Å². The van der Waals surface area contributed by atoms with Crippen molar-refractivity contribution in [3.63, 3.8) is 0 Å². The van der Waals surface area contributed by atoms with Crippen LogP contribution in [0.1, 0.15) is 5.69 Å². The Hall–Kier alpha value is 0.552. The first-order chi connectivity index (χ1) is 8.70. The first-order valence-corrected chi connectivity index (χ1v) is 5.05. The van der Waals surface area contributed by atoms with Gasteiger partial charge in [-0.15, -0.1) is 6.07 Å². The van der Waals surface area contributed by atoms with Crippen LogP contribution in [0, 0.1) is 10.1 Å². The number of nitro groups is 1. The quantitative estimate of drug-likeness (QED) is 0.389. The van der Waals surface area contributed by atoms with E-state index >= 15 is 0 Å². The minimum Gasteiger partial charge on any atom is -0.417 e. The first kappa shape index (κ1) is 23.8. The molecule has 1 aromatic heterocycles. The number of nitrogens with one attached hydrogen (secondary N) is 1. The number of benzene rings is 1. The number of hydrogen-bond acceptors (Lipinski definition) is 5. The zero-order valence-electron chi connectivity index (χ0n) is 10.9. The molecule has 1 N–H and O–H groups in total. The van der Waals surface area contributed by atoms with Crippen molar-refractivity contribution >= 4 is 23.3 Å². The van der Waals surface area contributed by atoms with Gasteiger partial charge in [0.2, 0.25) is 0 Å². The molecule has 21 heavy (non-hydrogen) atoms. The maximum Gasteiger partial charge on any atom is 0.292 e. The Morgan fingerprint density at radius 3 is 2.29 bits per heavy atom. The van der Waals surface area contributed by atoms with Crippen LogP contribution in [0.5, 0.6) is 0 Å². The van der Waals surface area contributed by atoms with Gasteiger partial charge in [-0.1, -0.05) is 17.8 Å². The van der Waals surface area contributed by atoms with E-state index in [1.807, 2.05) is 0 Å². The van der Waals surface area contributed by atoms with Crippen molar-refractivity contribution in [3.8, 4) is 0 Å². The summed E-state index contributed by atoms with van der Waals surface area (Å²) in [4.78, 5) is 24.5. The van der Waals surface area contributed by atoms with Gasteiger partial charge < -0.3 is 10.1 Å². The van der Waals surface area contributed by atoms with Gasteiger partial charge in [0.1, 0.15) is 5.69 Å². The molecule has 0 aliphatic carbocycles. The Bertz CT molecular complexity index is 594. The fourth-order valence-electron chi connectivity index (χ4n) is 1.42. The largest absolute Gasteiger partial charge is 0.417 e. The number of pyridine rings is 1. The van der Waals surface area contributed by atoms with Crippen molar-refractivity contribution in [2.75, 3.05) is 5.32 Å². The molecular formula is C12H8N3O3Y3-. The summed E-state index contributed by atoms with van der Waals surface area (Å²) in [6.07, 6.45) is 3.06. The predicted octanol–water partition coefficient (Wildman–Crippen LogP) is 2.18. The van der Waals surface area contributed by atoms with Crippen molar-refractivity contribution in [2.24, 2.45) is 0 Å². The third-order valence-electron chi connectivity index (χ3n) is 2.25. The summed E-state index contributed by atoms with van der Waals surface area (Å²) in [7, 11) is 0. The second-order valence-corrected chi connectivity index (χ2v) is 3.43. The first-order valence-electron chi connectivity index (χ1n) is 5.05. The van der Waals surface area contributed by atoms with E-state index in [0.29, 0.717) is 11.4 Å². The van der Waals surface area contributed by atoms with Gasteiger partial charge in [-0.25, -0.2) is 0 Å². The molecular weight excluding hydrogens is 501 g/mol. The Morgan fingerprint density at radius 2 is 1.76 bits per heavy atom. The van der Waals surface area contributed by atoms with Gasteiger partial charge >= 0.3 is 0 Å². The Balaban J connectivity index is 0. The van der Waals surface area contributed by atoms with E-state index in [1.165, 1.54) is 18.3 Å². The van der Waals surface area contributed by atoms with Crippen molar-refractivity contribution in [1.82, 2.24) is 4.98 Å². The van der Waals surface area contributed by atoms with Crippen LogP contribution in [-0.4, -0.2) is 16.2 Å². The third-order valence-corrected chi connectivity index (χ3v) is 2.25. The van der Waals surface area contributed by atoms with Gasteiger partial charge in [0, 0.05) is 122 Å². The predicted molar refractivity (Wildman–Crippen MR) is 65.4 cm³/mol. The van der Waals surface area contributed by atoms with E-state index in [1.54, 1.807) is 30.6 Å². The topological polar surface area (TPSA) is 85.1 Å². The van der Waals surface area contributed by atoms with Gasteiger partial charge in [0.15, 0.2) is 0 Å². The monoisotopic (exact) mass is 509 g/mol. The molecule has 0 aliphatic rings. The van der Waals surface area contributed by atoms with Crippen molar-refractivity contribution < 1.29 is 108 Å². The van der Waals surface area contributed by atoms with Crippen LogP contribution in [0.25, 0.3) is 0 Å². The summed E-state index contributed by atoms with van der Waals surface area (Å²) >= 11 is 0. The molecule has 3 radical (unpaired) electrons. The van der Waals surface area contributed by atoms with Crippen LogP contribution in [-0.2, 0) is 103 Å². The zero-order valence-corrected chi connectivity index (χ0v) is 19.4. The normalized spacial score (nSPS) is 8.38. The molecule has 0 aliphatic heterocycles. The minimum absolute atomic E-state index is 0. The van der Waals surface area contributed by atoms with Crippen molar-refractivity contribution in [3.05, 3.63) is 58.4 Å². The van der Waals surface area contributed by atoms with Gasteiger partial charge in [-0.3, -0.25) is 15.1 Å². The number of hydrogen-bond donors (Lipinski definition) is 1. The second kappa shape index (κ2) is 12.0. The van der Waals surface area contributed by atoms with Gasteiger partial charge in [0.25, 0.3) is 5.69 Å². The van der Waals surface area contributed by atoms with Crippen LogP contribution in [0.15, 0.2) is 42.6 Å². The van der Waals surface area contributed by atoms with Crippen LogP contribution < -0.4 is 5.32 Å².